The van der Waals surface area contributed by atoms with Gasteiger partial charge in [-0.25, -0.2) is 0 Å². The number of hydrogen-bond acceptors (Lipinski definition) is 4. The molecule has 1 fully saturated rings. The molecular weight excluding hydrogens is 298 g/mol. The van der Waals surface area contributed by atoms with Crippen molar-refractivity contribution in [3.63, 3.8) is 0 Å². The molecule has 5 nitrogen and oxygen atoms in total. The molecule has 1 unspecified atom stereocenters. The molecule has 0 aliphatic carbocycles. The molecule has 1 saturated heterocycles. The fourth-order valence-electron chi connectivity index (χ4n) is 3.48. The molecule has 0 spiro atoms. The zero-order valence-electron chi connectivity index (χ0n) is 13.6. The molecule has 0 N–H and O–H groups in total. The summed E-state index contributed by atoms with van der Waals surface area (Å²) in [7, 11) is 0. The molecule has 3 aromatic rings. The van der Waals surface area contributed by atoms with Crippen LogP contribution in [0.5, 0.6) is 0 Å². The molecule has 122 valence electrons. The predicted molar refractivity (Wildman–Crippen MR) is 92.7 cm³/mol. The summed E-state index contributed by atoms with van der Waals surface area (Å²) in [6.45, 7) is 1.90. The summed E-state index contributed by atoms with van der Waals surface area (Å²) in [6.07, 6.45) is 3.57. The van der Waals surface area contributed by atoms with Crippen LogP contribution in [0.15, 0.2) is 60.7 Å². The summed E-state index contributed by atoms with van der Waals surface area (Å²) in [5.41, 5.74) is 2.41. The zero-order chi connectivity index (χ0) is 16.2. The Morgan fingerprint density at radius 3 is 2.50 bits per heavy atom. The number of likely N-dealkylation sites (tertiary alicyclic amines) is 1. The van der Waals surface area contributed by atoms with E-state index in [0.29, 0.717) is 6.04 Å². The van der Waals surface area contributed by atoms with Gasteiger partial charge in [-0.2, -0.15) is 4.68 Å². The normalized spacial score (nSPS) is 18.1. The van der Waals surface area contributed by atoms with Crippen LogP contribution in [0, 0.1) is 0 Å². The van der Waals surface area contributed by atoms with E-state index in [1.807, 2.05) is 35.0 Å². The molecule has 4 rings (SSSR count). The van der Waals surface area contributed by atoms with Crippen molar-refractivity contribution in [1.29, 1.82) is 0 Å². The van der Waals surface area contributed by atoms with Crippen LogP contribution in [-0.2, 0) is 13.0 Å². The lowest BCUT2D eigenvalue weighted by atomic mass is 10.0. The van der Waals surface area contributed by atoms with Crippen molar-refractivity contribution in [3.05, 3.63) is 72.1 Å². The standard InChI is InChI=1S/C19H21N5/c1-3-8-16(9-4-1)14-18-12-7-13-23(18)15-19-20-21-22-24(19)17-10-5-2-6-11-17/h1-6,8-11,18H,7,12-15H2. The van der Waals surface area contributed by atoms with Gasteiger partial charge in [0.1, 0.15) is 0 Å². The Labute approximate surface area is 141 Å². The second kappa shape index (κ2) is 6.93. The molecule has 1 aliphatic rings. The van der Waals surface area contributed by atoms with Gasteiger partial charge in [0.25, 0.3) is 0 Å². The minimum Gasteiger partial charge on any atom is -0.293 e. The average Bonchev–Trinajstić information content (AvgIpc) is 3.27. The number of hydrogen-bond donors (Lipinski definition) is 0. The Hall–Kier alpha value is -2.53. The van der Waals surface area contributed by atoms with Gasteiger partial charge in [-0.05, 0) is 53.9 Å². The van der Waals surface area contributed by atoms with E-state index >= 15 is 0 Å². The lowest BCUT2D eigenvalue weighted by molar-refractivity contribution is 0.236. The van der Waals surface area contributed by atoms with Gasteiger partial charge in [0.05, 0.1) is 12.2 Å². The summed E-state index contributed by atoms with van der Waals surface area (Å²) in [4.78, 5) is 2.51. The molecule has 0 saturated carbocycles. The molecule has 24 heavy (non-hydrogen) atoms. The lowest BCUT2D eigenvalue weighted by Crippen LogP contribution is -2.31. The number of nitrogens with zero attached hydrogens (tertiary/aromatic N) is 5. The molecular formula is C19H21N5. The van der Waals surface area contributed by atoms with Crippen molar-refractivity contribution >= 4 is 0 Å². The molecule has 0 radical (unpaired) electrons. The first kappa shape index (κ1) is 15.0. The van der Waals surface area contributed by atoms with Crippen molar-refractivity contribution < 1.29 is 0 Å². The molecule has 2 heterocycles. The zero-order valence-corrected chi connectivity index (χ0v) is 13.6. The molecule has 0 amide bonds. The van der Waals surface area contributed by atoms with E-state index in [1.165, 1.54) is 18.4 Å². The van der Waals surface area contributed by atoms with E-state index in [9.17, 15) is 0 Å². The summed E-state index contributed by atoms with van der Waals surface area (Å²) < 4.78 is 1.85. The van der Waals surface area contributed by atoms with E-state index in [-0.39, 0.29) is 0 Å². The highest BCUT2D eigenvalue weighted by Crippen LogP contribution is 2.23. The fraction of sp³-hybridized carbons (Fsp3) is 0.316. The van der Waals surface area contributed by atoms with E-state index in [2.05, 4.69) is 50.8 Å². The highest BCUT2D eigenvalue weighted by molar-refractivity contribution is 5.30. The Bertz CT molecular complexity index is 769. The Morgan fingerprint density at radius 1 is 0.958 bits per heavy atom. The first-order chi connectivity index (χ1) is 11.9. The van der Waals surface area contributed by atoms with Crippen molar-refractivity contribution in [1.82, 2.24) is 25.1 Å². The van der Waals surface area contributed by atoms with Crippen LogP contribution in [0.1, 0.15) is 24.2 Å². The van der Waals surface area contributed by atoms with Crippen molar-refractivity contribution in [2.24, 2.45) is 0 Å². The van der Waals surface area contributed by atoms with Crippen LogP contribution in [0.25, 0.3) is 5.69 Å². The lowest BCUT2D eigenvalue weighted by Gasteiger charge is -2.24. The van der Waals surface area contributed by atoms with Gasteiger partial charge in [0.2, 0.25) is 0 Å². The highest BCUT2D eigenvalue weighted by atomic mass is 15.5. The van der Waals surface area contributed by atoms with Gasteiger partial charge in [0.15, 0.2) is 5.82 Å². The number of para-hydroxylation sites is 1. The summed E-state index contributed by atoms with van der Waals surface area (Å²) in [5.74, 6) is 0.904. The number of benzene rings is 2. The molecule has 1 atom stereocenters. The fourth-order valence-corrected chi connectivity index (χ4v) is 3.48. The largest absolute Gasteiger partial charge is 0.293 e. The van der Waals surface area contributed by atoms with Crippen LogP contribution in [0.3, 0.4) is 0 Å². The van der Waals surface area contributed by atoms with Gasteiger partial charge in [-0.15, -0.1) is 5.10 Å². The molecule has 1 aliphatic heterocycles. The smallest absolute Gasteiger partial charge is 0.170 e. The topological polar surface area (TPSA) is 46.8 Å². The third-order valence-corrected chi connectivity index (χ3v) is 4.69. The van der Waals surface area contributed by atoms with E-state index < -0.39 is 0 Å². The second-order valence-corrected chi connectivity index (χ2v) is 6.30. The van der Waals surface area contributed by atoms with Crippen molar-refractivity contribution in [2.45, 2.75) is 31.8 Å². The van der Waals surface area contributed by atoms with Gasteiger partial charge in [-0.3, -0.25) is 4.90 Å². The van der Waals surface area contributed by atoms with E-state index in [1.54, 1.807) is 0 Å². The maximum absolute atomic E-state index is 4.26. The first-order valence-corrected chi connectivity index (χ1v) is 8.51. The second-order valence-electron chi connectivity index (χ2n) is 6.30. The number of rotatable bonds is 5. The average molecular weight is 319 g/mol. The maximum atomic E-state index is 4.26. The summed E-state index contributed by atoms with van der Waals surface area (Å²) in [5, 5.41) is 12.3. The Kier molecular flexibility index (Phi) is 4.34. The Balaban J connectivity index is 1.50. The van der Waals surface area contributed by atoms with Crippen LogP contribution >= 0.6 is 0 Å². The van der Waals surface area contributed by atoms with Gasteiger partial charge in [-0.1, -0.05) is 48.5 Å². The monoisotopic (exact) mass is 319 g/mol. The van der Waals surface area contributed by atoms with Gasteiger partial charge >= 0.3 is 0 Å². The Morgan fingerprint density at radius 2 is 1.71 bits per heavy atom. The van der Waals surface area contributed by atoms with Crippen LogP contribution in [-0.4, -0.2) is 37.7 Å². The minimum atomic E-state index is 0.563. The predicted octanol–water partition coefficient (Wildman–Crippen LogP) is 2.87. The third-order valence-electron chi connectivity index (χ3n) is 4.69. The van der Waals surface area contributed by atoms with Gasteiger partial charge in [0, 0.05) is 6.04 Å². The van der Waals surface area contributed by atoms with Crippen LogP contribution in [0.2, 0.25) is 0 Å². The SMILES string of the molecule is c1ccc(CC2CCCN2Cc2nnnn2-c2ccccc2)cc1. The quantitative estimate of drug-likeness (QED) is 0.725. The number of aromatic nitrogens is 4. The molecule has 1 aromatic heterocycles. The molecule has 5 heteroatoms. The van der Waals surface area contributed by atoms with Crippen molar-refractivity contribution in [3.8, 4) is 5.69 Å². The highest BCUT2D eigenvalue weighted by Gasteiger charge is 2.26. The first-order valence-electron chi connectivity index (χ1n) is 8.51. The minimum absolute atomic E-state index is 0.563. The van der Waals surface area contributed by atoms with E-state index in [4.69, 9.17) is 0 Å². The van der Waals surface area contributed by atoms with E-state index in [0.717, 1.165) is 31.0 Å². The van der Waals surface area contributed by atoms with Crippen LogP contribution < -0.4 is 0 Å². The number of tetrazole rings is 1. The van der Waals surface area contributed by atoms with Gasteiger partial charge < -0.3 is 0 Å². The van der Waals surface area contributed by atoms with Crippen LogP contribution in [0.4, 0.5) is 0 Å². The summed E-state index contributed by atoms with van der Waals surface area (Å²) >= 11 is 0. The third kappa shape index (κ3) is 3.21. The molecule has 0 bridgehead atoms. The van der Waals surface area contributed by atoms with Crippen molar-refractivity contribution in [2.75, 3.05) is 6.54 Å². The maximum Gasteiger partial charge on any atom is 0.170 e. The molecule has 2 aromatic carbocycles. The summed E-state index contributed by atoms with van der Waals surface area (Å²) in [6, 6.07) is 21.4.